The number of carbonyl (C=O) groups excluding carboxylic acids is 1. The van der Waals surface area contributed by atoms with E-state index in [1.165, 1.54) is 0 Å². The second-order valence-electron chi connectivity index (χ2n) is 8.49. The molecule has 0 aliphatic carbocycles. The van der Waals surface area contributed by atoms with Crippen molar-refractivity contribution in [2.75, 3.05) is 4.90 Å². The molecule has 172 valence electrons. The molecule has 0 saturated heterocycles. The number of imidazole rings is 1. The highest BCUT2D eigenvalue weighted by atomic mass is 35.5. The lowest BCUT2D eigenvalue weighted by Crippen LogP contribution is -2.47. The lowest BCUT2D eigenvalue weighted by Gasteiger charge is -2.28. The number of hydrogen-bond acceptors (Lipinski definition) is 3. The molecule has 2 N–H and O–H groups in total. The number of rotatable bonds is 6. The van der Waals surface area contributed by atoms with E-state index in [-0.39, 0.29) is 11.9 Å². The molecule has 0 spiro atoms. The summed E-state index contributed by atoms with van der Waals surface area (Å²) in [6, 6.07) is 22.9. The first kappa shape index (κ1) is 22.7. The summed E-state index contributed by atoms with van der Waals surface area (Å²) in [5.41, 5.74) is 5.12. The van der Waals surface area contributed by atoms with Crippen LogP contribution in [0.5, 0.6) is 0 Å². The van der Waals surface area contributed by atoms with Gasteiger partial charge in [-0.2, -0.15) is 0 Å². The Bertz CT molecular complexity index is 1270. The van der Waals surface area contributed by atoms with Crippen LogP contribution in [-0.4, -0.2) is 21.9 Å². The molecule has 7 heteroatoms. The Kier molecular flexibility index (Phi) is 6.68. The fraction of sp³-hybridized carbons (Fsp3) is 0.185. The molecule has 2 atom stereocenters. The van der Waals surface area contributed by atoms with Gasteiger partial charge in [-0.3, -0.25) is 10.1 Å². The molecule has 1 aliphatic heterocycles. The lowest BCUT2D eigenvalue weighted by atomic mass is 9.98. The first-order valence-corrected chi connectivity index (χ1v) is 11.9. The topological polar surface area (TPSA) is 61.0 Å². The van der Waals surface area contributed by atoms with Crippen LogP contribution >= 0.6 is 23.2 Å². The minimum absolute atomic E-state index is 0.0130. The summed E-state index contributed by atoms with van der Waals surface area (Å²) in [6.45, 7) is 0.499. The van der Waals surface area contributed by atoms with Gasteiger partial charge in [0.25, 0.3) is 0 Å². The van der Waals surface area contributed by atoms with E-state index in [2.05, 4.69) is 27.4 Å². The minimum Gasteiger partial charge on any atom is -0.347 e. The summed E-state index contributed by atoms with van der Waals surface area (Å²) in [7, 11) is 0. The number of aromatic nitrogens is 2. The maximum absolute atomic E-state index is 13.9. The van der Waals surface area contributed by atoms with E-state index in [4.69, 9.17) is 23.2 Å². The minimum atomic E-state index is -0.428. The van der Waals surface area contributed by atoms with E-state index in [1.54, 1.807) is 12.5 Å². The number of amides is 1. The highest BCUT2D eigenvalue weighted by molar-refractivity contribution is 6.31. The molecule has 34 heavy (non-hydrogen) atoms. The van der Waals surface area contributed by atoms with Crippen molar-refractivity contribution < 1.29 is 4.79 Å². The standard InChI is InChI=1S/C27H24Cl2N4O/c28-21-10-8-18(9-11-21)12-24(26-15-30-17-31-26)32-25-13-19-4-1-2-5-20(19)16-33(27(25)34)23-7-3-6-22(29)14-23/h1-11,14-15,17,24-25,32H,12-13,16H2,(H,30,31). The number of aromatic amines is 1. The van der Waals surface area contributed by atoms with E-state index in [0.29, 0.717) is 29.4 Å². The number of nitrogens with zero attached hydrogens (tertiary/aromatic N) is 2. The summed E-state index contributed by atoms with van der Waals surface area (Å²) in [6.07, 6.45) is 4.74. The van der Waals surface area contributed by atoms with Gasteiger partial charge in [0.05, 0.1) is 30.6 Å². The van der Waals surface area contributed by atoms with Crippen molar-refractivity contribution in [2.45, 2.75) is 31.5 Å². The molecule has 1 aromatic heterocycles. The number of fused-ring (bicyclic) bond motifs is 1. The van der Waals surface area contributed by atoms with Crippen LogP contribution in [0.4, 0.5) is 5.69 Å². The van der Waals surface area contributed by atoms with Crippen LogP contribution in [0.15, 0.2) is 85.3 Å². The third kappa shape index (κ3) is 5.02. The normalized spacial score (nSPS) is 16.7. The van der Waals surface area contributed by atoms with Crippen LogP contribution in [0.3, 0.4) is 0 Å². The summed E-state index contributed by atoms with van der Waals surface area (Å²) in [5, 5.41) is 4.94. The van der Waals surface area contributed by atoms with E-state index < -0.39 is 6.04 Å². The van der Waals surface area contributed by atoms with E-state index in [9.17, 15) is 4.79 Å². The summed E-state index contributed by atoms with van der Waals surface area (Å²) >= 11 is 12.4. The Morgan fingerprint density at radius 3 is 2.53 bits per heavy atom. The van der Waals surface area contributed by atoms with Gasteiger partial charge in [-0.05, 0) is 59.9 Å². The van der Waals surface area contributed by atoms with Crippen molar-refractivity contribution in [3.05, 3.63) is 118 Å². The molecule has 0 fully saturated rings. The molecule has 1 amide bonds. The number of halogens is 2. The van der Waals surface area contributed by atoms with Gasteiger partial charge in [0, 0.05) is 21.9 Å². The van der Waals surface area contributed by atoms with E-state index in [0.717, 1.165) is 28.1 Å². The molecule has 1 aliphatic rings. The molecular formula is C27H24Cl2N4O. The fourth-order valence-corrected chi connectivity index (χ4v) is 4.77. The smallest absolute Gasteiger partial charge is 0.244 e. The largest absolute Gasteiger partial charge is 0.347 e. The molecule has 4 aromatic rings. The Morgan fingerprint density at radius 2 is 1.79 bits per heavy atom. The zero-order valence-electron chi connectivity index (χ0n) is 18.4. The van der Waals surface area contributed by atoms with Crippen LogP contribution in [0.2, 0.25) is 10.0 Å². The number of H-pyrrole nitrogens is 1. The van der Waals surface area contributed by atoms with Crippen LogP contribution < -0.4 is 10.2 Å². The maximum Gasteiger partial charge on any atom is 0.244 e. The number of anilines is 1. The monoisotopic (exact) mass is 490 g/mol. The molecule has 0 radical (unpaired) electrons. The molecule has 2 heterocycles. The molecule has 2 unspecified atom stereocenters. The van der Waals surface area contributed by atoms with Gasteiger partial charge in [-0.15, -0.1) is 0 Å². The lowest BCUT2D eigenvalue weighted by molar-refractivity contribution is -0.120. The molecule has 5 nitrogen and oxygen atoms in total. The number of hydrogen-bond donors (Lipinski definition) is 2. The second kappa shape index (κ2) is 10.0. The predicted molar refractivity (Wildman–Crippen MR) is 136 cm³/mol. The van der Waals surface area contributed by atoms with Gasteiger partial charge in [0.2, 0.25) is 5.91 Å². The SMILES string of the molecule is O=C1C(NC(Cc2ccc(Cl)cc2)c2cnc[nH]2)Cc2ccccc2CN1c1cccc(Cl)c1. The van der Waals surface area contributed by atoms with Crippen molar-refractivity contribution in [1.82, 2.24) is 15.3 Å². The van der Waals surface area contributed by atoms with Crippen LogP contribution in [0.25, 0.3) is 0 Å². The van der Waals surface area contributed by atoms with Crippen molar-refractivity contribution in [3.8, 4) is 0 Å². The van der Waals surface area contributed by atoms with Crippen molar-refractivity contribution in [3.63, 3.8) is 0 Å². The number of nitrogens with one attached hydrogen (secondary N) is 2. The number of benzene rings is 3. The molecule has 0 bridgehead atoms. The average Bonchev–Trinajstić information content (AvgIpc) is 3.34. The zero-order chi connectivity index (χ0) is 23.5. The Morgan fingerprint density at radius 1 is 1.00 bits per heavy atom. The Hall–Kier alpha value is -3.12. The highest BCUT2D eigenvalue weighted by Crippen LogP contribution is 2.28. The maximum atomic E-state index is 13.9. The van der Waals surface area contributed by atoms with Gasteiger partial charge >= 0.3 is 0 Å². The van der Waals surface area contributed by atoms with Crippen LogP contribution in [0.1, 0.15) is 28.4 Å². The van der Waals surface area contributed by atoms with Gasteiger partial charge < -0.3 is 9.88 Å². The Labute approximate surface area is 208 Å². The molecule has 5 rings (SSSR count). The van der Waals surface area contributed by atoms with Crippen molar-refractivity contribution in [2.24, 2.45) is 0 Å². The molecule has 0 saturated carbocycles. The van der Waals surface area contributed by atoms with Crippen molar-refractivity contribution >= 4 is 34.8 Å². The average molecular weight is 491 g/mol. The summed E-state index contributed by atoms with van der Waals surface area (Å²) < 4.78 is 0. The molecular weight excluding hydrogens is 467 g/mol. The first-order chi connectivity index (χ1) is 16.6. The summed E-state index contributed by atoms with van der Waals surface area (Å²) in [4.78, 5) is 23.2. The third-order valence-corrected chi connectivity index (χ3v) is 6.69. The first-order valence-electron chi connectivity index (χ1n) is 11.2. The van der Waals surface area contributed by atoms with Gasteiger partial charge in [0.15, 0.2) is 0 Å². The van der Waals surface area contributed by atoms with Gasteiger partial charge in [-0.1, -0.05) is 65.7 Å². The molecule has 3 aromatic carbocycles. The van der Waals surface area contributed by atoms with Crippen LogP contribution in [0, 0.1) is 0 Å². The van der Waals surface area contributed by atoms with Gasteiger partial charge in [0.1, 0.15) is 0 Å². The van der Waals surface area contributed by atoms with Gasteiger partial charge in [-0.25, -0.2) is 4.98 Å². The zero-order valence-corrected chi connectivity index (χ0v) is 19.9. The van der Waals surface area contributed by atoms with E-state index in [1.807, 2.05) is 65.6 Å². The number of carbonyl (C=O) groups is 1. The van der Waals surface area contributed by atoms with Crippen LogP contribution in [-0.2, 0) is 24.2 Å². The highest BCUT2D eigenvalue weighted by Gasteiger charge is 2.32. The quantitative estimate of drug-likeness (QED) is 0.361. The Balaban J connectivity index is 1.49. The predicted octanol–water partition coefficient (Wildman–Crippen LogP) is 5.75. The second-order valence-corrected chi connectivity index (χ2v) is 9.36. The van der Waals surface area contributed by atoms with E-state index >= 15 is 0 Å². The fourth-order valence-electron chi connectivity index (χ4n) is 4.46. The van der Waals surface area contributed by atoms with Crippen molar-refractivity contribution in [1.29, 1.82) is 0 Å². The summed E-state index contributed by atoms with van der Waals surface area (Å²) in [5.74, 6) is 0.0130. The third-order valence-electron chi connectivity index (χ3n) is 6.21.